The number of para-hydroxylation sites is 3. The Balaban J connectivity index is 1.33. The van der Waals surface area contributed by atoms with Crippen LogP contribution >= 0.6 is 0 Å². The van der Waals surface area contributed by atoms with E-state index in [1.54, 1.807) is 12.4 Å². The van der Waals surface area contributed by atoms with Crippen LogP contribution in [0, 0.1) is 0 Å². The van der Waals surface area contributed by atoms with E-state index < -0.39 is 0 Å². The number of amides is 1. The lowest BCUT2D eigenvalue weighted by Gasteiger charge is -2.11. The molecule has 5 rings (SSSR count). The van der Waals surface area contributed by atoms with Crippen molar-refractivity contribution in [3.05, 3.63) is 91.0 Å². The number of pyridine rings is 2. The number of carbonyl (C=O) groups excluding carboxylic acids is 1. The molecule has 0 unspecified atom stereocenters. The second-order valence-corrected chi connectivity index (χ2v) is 7.35. The van der Waals surface area contributed by atoms with Gasteiger partial charge in [-0.1, -0.05) is 30.3 Å². The lowest BCUT2D eigenvalue weighted by molar-refractivity contribution is 0.0954. The Labute approximate surface area is 179 Å². The quantitative estimate of drug-likeness (QED) is 0.422. The van der Waals surface area contributed by atoms with Gasteiger partial charge in [0.25, 0.3) is 5.91 Å². The molecule has 0 aliphatic carbocycles. The smallest absolute Gasteiger partial charge is 0.252 e. The molecule has 31 heavy (non-hydrogen) atoms. The third-order valence-corrected chi connectivity index (χ3v) is 5.31. The maximum absolute atomic E-state index is 13.0. The zero-order chi connectivity index (χ0) is 21.0. The second kappa shape index (κ2) is 8.36. The molecule has 3 aromatic heterocycles. The van der Waals surface area contributed by atoms with E-state index in [-0.39, 0.29) is 5.91 Å². The number of imidazole rings is 1. The fourth-order valence-corrected chi connectivity index (χ4v) is 3.76. The molecular weight excluding hydrogens is 386 g/mol. The number of aromatic nitrogens is 4. The van der Waals surface area contributed by atoms with Crippen molar-refractivity contribution in [2.75, 3.05) is 6.54 Å². The summed E-state index contributed by atoms with van der Waals surface area (Å²) in [7, 11) is 0. The molecule has 0 bridgehead atoms. The van der Waals surface area contributed by atoms with Crippen molar-refractivity contribution in [3.8, 4) is 11.3 Å². The summed E-state index contributed by atoms with van der Waals surface area (Å²) in [5.41, 5.74) is 5.13. The van der Waals surface area contributed by atoms with Crippen molar-refractivity contribution in [2.45, 2.75) is 13.0 Å². The normalized spacial score (nSPS) is 11.1. The average Bonchev–Trinajstić information content (AvgIpc) is 3.24. The van der Waals surface area contributed by atoms with Crippen molar-refractivity contribution >= 4 is 27.8 Å². The molecule has 0 aliphatic heterocycles. The Morgan fingerprint density at radius 3 is 2.68 bits per heavy atom. The summed E-state index contributed by atoms with van der Waals surface area (Å²) in [5.74, 6) is -0.0979. The van der Waals surface area contributed by atoms with E-state index >= 15 is 0 Å². The number of aryl methyl sites for hydroxylation is 1. The summed E-state index contributed by atoms with van der Waals surface area (Å²) < 4.78 is 2.11. The number of fused-ring (bicyclic) bond motifs is 2. The third kappa shape index (κ3) is 3.88. The fourth-order valence-electron chi connectivity index (χ4n) is 3.76. The molecule has 1 N–H and O–H groups in total. The molecule has 0 saturated carbocycles. The number of benzene rings is 2. The summed E-state index contributed by atoms with van der Waals surface area (Å²) in [6, 6.07) is 21.4. The predicted octanol–water partition coefficient (Wildman–Crippen LogP) is 4.47. The van der Waals surface area contributed by atoms with Crippen molar-refractivity contribution in [3.63, 3.8) is 0 Å². The average molecular weight is 407 g/mol. The van der Waals surface area contributed by atoms with Crippen LogP contribution in [-0.4, -0.2) is 32.0 Å². The zero-order valence-electron chi connectivity index (χ0n) is 16.9. The van der Waals surface area contributed by atoms with E-state index in [1.807, 2.05) is 67.0 Å². The Bertz CT molecular complexity index is 1360. The van der Waals surface area contributed by atoms with Crippen LogP contribution in [0.3, 0.4) is 0 Å². The van der Waals surface area contributed by atoms with Crippen LogP contribution in [0.15, 0.2) is 85.5 Å². The highest BCUT2D eigenvalue weighted by molar-refractivity contribution is 6.07. The van der Waals surface area contributed by atoms with Crippen LogP contribution in [-0.2, 0) is 6.54 Å². The molecular formula is C25H21N5O. The van der Waals surface area contributed by atoms with E-state index in [9.17, 15) is 4.79 Å². The number of nitrogens with one attached hydrogen (secondary N) is 1. The van der Waals surface area contributed by atoms with E-state index in [0.29, 0.717) is 12.1 Å². The van der Waals surface area contributed by atoms with Crippen molar-refractivity contribution in [2.24, 2.45) is 0 Å². The first kappa shape index (κ1) is 18.9. The Morgan fingerprint density at radius 2 is 1.81 bits per heavy atom. The predicted molar refractivity (Wildman–Crippen MR) is 122 cm³/mol. The number of hydrogen-bond acceptors (Lipinski definition) is 4. The van der Waals surface area contributed by atoms with Gasteiger partial charge in [-0.25, -0.2) is 9.97 Å². The van der Waals surface area contributed by atoms with E-state index in [4.69, 9.17) is 4.98 Å². The van der Waals surface area contributed by atoms with Gasteiger partial charge in [0.15, 0.2) is 0 Å². The van der Waals surface area contributed by atoms with Crippen LogP contribution in [0.2, 0.25) is 0 Å². The fraction of sp³-hybridized carbons (Fsp3) is 0.120. The summed E-state index contributed by atoms with van der Waals surface area (Å²) in [6.07, 6.45) is 6.14. The molecule has 3 heterocycles. The molecule has 6 nitrogen and oxygen atoms in total. The lowest BCUT2D eigenvalue weighted by atomic mass is 10.0. The van der Waals surface area contributed by atoms with Gasteiger partial charge in [-0.2, -0.15) is 0 Å². The summed E-state index contributed by atoms with van der Waals surface area (Å²) in [4.78, 5) is 26.4. The standard InChI is InChI=1S/C25H21N5O/c31-25(27-13-6-14-30-17-28-22-10-3-4-11-24(22)30)20-15-23(18-7-5-12-26-16-18)29-21-9-2-1-8-19(20)21/h1-5,7-12,15-17H,6,13-14H2,(H,27,31). The third-order valence-electron chi connectivity index (χ3n) is 5.31. The van der Waals surface area contributed by atoms with Gasteiger partial charge >= 0.3 is 0 Å². The molecule has 0 radical (unpaired) electrons. The second-order valence-electron chi connectivity index (χ2n) is 7.35. The van der Waals surface area contributed by atoms with E-state index in [0.717, 1.165) is 46.2 Å². The first-order chi connectivity index (χ1) is 15.3. The van der Waals surface area contributed by atoms with Crippen molar-refractivity contribution in [1.29, 1.82) is 0 Å². The maximum Gasteiger partial charge on any atom is 0.252 e. The number of rotatable bonds is 6. The van der Waals surface area contributed by atoms with Crippen LogP contribution in [0.1, 0.15) is 16.8 Å². The van der Waals surface area contributed by atoms with Crippen molar-refractivity contribution < 1.29 is 4.79 Å². The zero-order valence-corrected chi connectivity index (χ0v) is 16.9. The lowest BCUT2D eigenvalue weighted by Crippen LogP contribution is -2.25. The summed E-state index contributed by atoms with van der Waals surface area (Å²) >= 11 is 0. The Kier molecular flexibility index (Phi) is 5.10. The van der Waals surface area contributed by atoms with Crippen LogP contribution in [0.25, 0.3) is 33.2 Å². The first-order valence-corrected chi connectivity index (χ1v) is 10.3. The van der Waals surface area contributed by atoms with E-state index in [1.165, 1.54) is 0 Å². The molecule has 1 amide bonds. The molecule has 152 valence electrons. The number of hydrogen-bond donors (Lipinski definition) is 1. The van der Waals surface area contributed by atoms with Gasteiger partial charge in [-0.05, 0) is 42.8 Å². The van der Waals surface area contributed by atoms with Crippen LogP contribution in [0.4, 0.5) is 0 Å². The van der Waals surface area contributed by atoms with Crippen LogP contribution in [0.5, 0.6) is 0 Å². The highest BCUT2D eigenvalue weighted by atomic mass is 16.1. The van der Waals surface area contributed by atoms with Gasteiger partial charge in [0.1, 0.15) is 0 Å². The molecule has 0 aliphatic rings. The van der Waals surface area contributed by atoms with Gasteiger partial charge in [0.2, 0.25) is 0 Å². The highest BCUT2D eigenvalue weighted by Crippen LogP contribution is 2.24. The highest BCUT2D eigenvalue weighted by Gasteiger charge is 2.13. The molecule has 6 heteroatoms. The summed E-state index contributed by atoms with van der Waals surface area (Å²) in [5, 5.41) is 3.91. The van der Waals surface area contributed by atoms with Gasteiger partial charge in [0, 0.05) is 36.4 Å². The van der Waals surface area contributed by atoms with E-state index in [2.05, 4.69) is 25.9 Å². The topological polar surface area (TPSA) is 72.7 Å². The number of carbonyl (C=O) groups is 1. The molecule has 2 aromatic carbocycles. The molecule has 5 aromatic rings. The Hall–Kier alpha value is -4.06. The molecule has 0 fully saturated rings. The van der Waals surface area contributed by atoms with Crippen LogP contribution < -0.4 is 5.32 Å². The Morgan fingerprint density at radius 1 is 0.968 bits per heavy atom. The van der Waals surface area contributed by atoms with Crippen molar-refractivity contribution in [1.82, 2.24) is 24.8 Å². The van der Waals surface area contributed by atoms with Gasteiger partial charge in [-0.3, -0.25) is 9.78 Å². The first-order valence-electron chi connectivity index (χ1n) is 10.3. The molecule has 0 saturated heterocycles. The van der Waals surface area contributed by atoms with Gasteiger partial charge in [-0.15, -0.1) is 0 Å². The largest absolute Gasteiger partial charge is 0.352 e. The number of nitrogens with zero attached hydrogens (tertiary/aromatic N) is 4. The minimum absolute atomic E-state index is 0.0979. The minimum atomic E-state index is -0.0979. The maximum atomic E-state index is 13.0. The SMILES string of the molecule is O=C(NCCCn1cnc2ccccc21)c1cc(-c2cccnc2)nc2ccccc12. The van der Waals surface area contributed by atoms with Gasteiger partial charge < -0.3 is 9.88 Å². The minimum Gasteiger partial charge on any atom is -0.352 e. The monoisotopic (exact) mass is 407 g/mol. The molecule has 0 spiro atoms. The summed E-state index contributed by atoms with van der Waals surface area (Å²) in [6.45, 7) is 1.36. The van der Waals surface area contributed by atoms with Gasteiger partial charge in [0.05, 0.1) is 34.1 Å². The molecule has 0 atom stereocenters.